The molecule has 4 aromatic carbocycles. The minimum absolute atomic E-state index is 0.0468. The van der Waals surface area contributed by atoms with E-state index in [0.29, 0.717) is 36.2 Å². The largest absolute Gasteiger partial charge is 0.508 e. The van der Waals surface area contributed by atoms with Gasteiger partial charge in [0.15, 0.2) is 11.9 Å². The number of aromatic hydroxyl groups is 2. The SMILES string of the molecule is Cc1cc(C[C@H](NCCCCCCN=C(N)N)C(=O)N[C@@H](Cc2ccc(O)cc2)C(=O)N([C@H](C)c2ccc3ccccc3c2)[C@@H](CCCN=C(N)N)C(N)=O)cc(C)c1O. The molecule has 4 aromatic rings. The quantitative estimate of drug-likeness (QED) is 0.0299. The summed E-state index contributed by atoms with van der Waals surface area (Å²) in [5, 5.41) is 29.0. The van der Waals surface area contributed by atoms with Crippen molar-refractivity contribution >= 4 is 40.4 Å². The van der Waals surface area contributed by atoms with Gasteiger partial charge in [0.1, 0.15) is 23.6 Å². The van der Waals surface area contributed by atoms with Gasteiger partial charge in [0.05, 0.1) is 12.1 Å². The van der Waals surface area contributed by atoms with Crippen molar-refractivity contribution in [2.45, 2.75) is 96.3 Å². The van der Waals surface area contributed by atoms with Crippen molar-refractivity contribution in [3.05, 3.63) is 107 Å². The molecule has 322 valence electrons. The zero-order chi connectivity index (χ0) is 43.8. The Kier molecular flexibility index (Phi) is 17.5. The van der Waals surface area contributed by atoms with Gasteiger partial charge in [-0.1, -0.05) is 73.5 Å². The maximum absolute atomic E-state index is 15.3. The number of phenols is 2. The first-order valence-corrected chi connectivity index (χ1v) is 20.5. The third-order valence-electron chi connectivity index (χ3n) is 10.6. The Morgan fingerprint density at radius 1 is 0.700 bits per heavy atom. The van der Waals surface area contributed by atoms with E-state index in [1.165, 1.54) is 17.0 Å². The lowest BCUT2D eigenvalue weighted by Gasteiger charge is -2.38. The highest BCUT2D eigenvalue weighted by Gasteiger charge is 2.38. The van der Waals surface area contributed by atoms with Crippen molar-refractivity contribution in [1.29, 1.82) is 0 Å². The van der Waals surface area contributed by atoms with E-state index in [-0.39, 0.29) is 49.2 Å². The molecule has 0 saturated heterocycles. The second-order valence-electron chi connectivity index (χ2n) is 15.3. The summed E-state index contributed by atoms with van der Waals surface area (Å²) in [4.78, 5) is 52.8. The van der Waals surface area contributed by atoms with Gasteiger partial charge >= 0.3 is 0 Å². The maximum Gasteiger partial charge on any atom is 0.246 e. The van der Waals surface area contributed by atoms with Gasteiger partial charge in [-0.05, 0) is 116 Å². The van der Waals surface area contributed by atoms with Crippen LogP contribution in [0.1, 0.15) is 79.3 Å². The number of nitrogens with zero attached hydrogens (tertiary/aromatic N) is 3. The summed E-state index contributed by atoms with van der Waals surface area (Å²) in [6, 6.07) is 20.1. The molecule has 0 aliphatic heterocycles. The van der Waals surface area contributed by atoms with Crippen molar-refractivity contribution in [3.63, 3.8) is 0 Å². The van der Waals surface area contributed by atoms with Crippen molar-refractivity contribution in [2.24, 2.45) is 38.7 Å². The number of nitrogens with one attached hydrogen (secondary N) is 2. The molecule has 0 unspecified atom stereocenters. The number of carbonyl (C=O) groups excluding carboxylic acids is 3. The number of hydrogen-bond donors (Lipinski definition) is 9. The number of guanidine groups is 2. The highest BCUT2D eigenvalue weighted by molar-refractivity contribution is 5.93. The van der Waals surface area contributed by atoms with Crippen LogP contribution in [0.4, 0.5) is 0 Å². The molecule has 0 aliphatic rings. The van der Waals surface area contributed by atoms with Crippen LogP contribution in [-0.4, -0.2) is 82.5 Å². The number of amides is 3. The number of nitrogens with two attached hydrogens (primary N) is 5. The van der Waals surface area contributed by atoms with Crippen molar-refractivity contribution < 1.29 is 24.6 Å². The fraction of sp³-hybridized carbons (Fsp3) is 0.400. The summed E-state index contributed by atoms with van der Waals surface area (Å²) in [5.74, 6) is -1.45. The van der Waals surface area contributed by atoms with Crippen molar-refractivity contribution in [3.8, 4) is 11.5 Å². The Hall–Kier alpha value is -6.35. The molecule has 0 radical (unpaired) electrons. The van der Waals surface area contributed by atoms with Crippen molar-refractivity contribution in [1.82, 2.24) is 15.5 Å². The number of aliphatic imine (C=N–C) groups is 2. The third-order valence-corrected chi connectivity index (χ3v) is 10.6. The van der Waals surface area contributed by atoms with Gasteiger partial charge in [0.25, 0.3) is 0 Å². The molecule has 0 aliphatic carbocycles. The molecule has 0 heterocycles. The molecule has 0 bridgehead atoms. The fourth-order valence-electron chi connectivity index (χ4n) is 7.41. The standard InChI is InChI=1S/C45H62N10O5/c1-28-23-32(24-29(2)40(28)57)26-37(51-20-8-4-5-9-21-52-44(47)48)42(59)54-38(25-31-14-18-36(56)19-15-31)43(60)55(39(41(46)58)13-10-22-53-45(49)50)30(3)34-17-16-33-11-6-7-12-35(33)27-34/h6-7,11-12,14-19,23-24,27,30,37-39,51,56-57H,4-5,8-10,13,20-22,25-26H2,1-3H3,(H2,46,58)(H,54,59)(H4,47,48,52)(H4,49,50,53)/t30-,37+,38+,39+/m1/s1. The number of benzene rings is 4. The highest BCUT2D eigenvalue weighted by atomic mass is 16.3. The van der Waals surface area contributed by atoms with E-state index in [1.54, 1.807) is 26.0 Å². The van der Waals surface area contributed by atoms with E-state index in [1.807, 2.05) is 61.5 Å². The number of phenolic OH excluding ortho intramolecular Hbond substituents is 2. The Bertz CT molecular complexity index is 2090. The van der Waals surface area contributed by atoms with Gasteiger partial charge in [-0.3, -0.25) is 24.4 Å². The number of aryl methyl sites for hydroxylation is 2. The molecule has 15 nitrogen and oxygen atoms in total. The van der Waals surface area contributed by atoms with Crippen LogP contribution in [0.15, 0.2) is 88.8 Å². The Morgan fingerprint density at radius 3 is 1.93 bits per heavy atom. The topological polar surface area (TPSA) is 274 Å². The summed E-state index contributed by atoms with van der Waals surface area (Å²) in [6.45, 7) is 6.72. The Balaban J connectivity index is 1.72. The summed E-state index contributed by atoms with van der Waals surface area (Å²) in [5.41, 5.74) is 31.8. The molecule has 4 rings (SSSR count). The predicted octanol–water partition coefficient (Wildman–Crippen LogP) is 3.43. The van der Waals surface area contributed by atoms with E-state index in [9.17, 15) is 19.8 Å². The number of fused-ring (bicyclic) bond motifs is 1. The lowest BCUT2D eigenvalue weighted by atomic mass is 9.96. The molecule has 0 fully saturated rings. The van der Waals surface area contributed by atoms with Crippen molar-refractivity contribution in [2.75, 3.05) is 19.6 Å². The normalized spacial score (nSPS) is 13.1. The molecular weight excluding hydrogens is 761 g/mol. The average molecular weight is 823 g/mol. The first-order valence-electron chi connectivity index (χ1n) is 20.5. The summed E-state index contributed by atoms with van der Waals surface area (Å²) < 4.78 is 0. The van der Waals surface area contributed by atoms with Gasteiger partial charge in [0, 0.05) is 19.5 Å². The second kappa shape index (κ2) is 22.7. The van der Waals surface area contributed by atoms with Crippen LogP contribution < -0.4 is 39.3 Å². The lowest BCUT2D eigenvalue weighted by Crippen LogP contribution is -2.58. The average Bonchev–Trinajstić information content (AvgIpc) is 3.21. The Labute approximate surface area is 352 Å². The van der Waals surface area contributed by atoms with Crippen LogP contribution >= 0.6 is 0 Å². The molecule has 0 aromatic heterocycles. The molecule has 14 N–H and O–H groups in total. The van der Waals surface area contributed by atoms with E-state index < -0.39 is 41.9 Å². The molecule has 15 heteroatoms. The Morgan fingerprint density at radius 2 is 1.30 bits per heavy atom. The van der Waals surface area contributed by atoms with Crippen LogP contribution in [0, 0.1) is 13.8 Å². The van der Waals surface area contributed by atoms with Crippen LogP contribution in [0.2, 0.25) is 0 Å². The smallest absolute Gasteiger partial charge is 0.246 e. The van der Waals surface area contributed by atoms with E-state index in [4.69, 9.17) is 28.7 Å². The highest BCUT2D eigenvalue weighted by Crippen LogP contribution is 2.29. The predicted molar refractivity (Wildman–Crippen MR) is 238 cm³/mol. The molecule has 0 spiro atoms. The minimum atomic E-state index is -1.16. The van der Waals surface area contributed by atoms with Crippen LogP contribution in [0.5, 0.6) is 11.5 Å². The minimum Gasteiger partial charge on any atom is -0.508 e. The fourth-order valence-corrected chi connectivity index (χ4v) is 7.41. The van der Waals surface area contributed by atoms with E-state index in [2.05, 4.69) is 20.6 Å². The van der Waals surface area contributed by atoms with Crippen LogP contribution in [0.3, 0.4) is 0 Å². The third kappa shape index (κ3) is 13.9. The molecule has 0 saturated carbocycles. The monoisotopic (exact) mass is 822 g/mol. The summed E-state index contributed by atoms with van der Waals surface area (Å²) >= 11 is 0. The second-order valence-corrected chi connectivity index (χ2v) is 15.3. The molecule has 3 amide bonds. The van der Waals surface area contributed by atoms with Crippen LogP contribution in [0.25, 0.3) is 10.8 Å². The maximum atomic E-state index is 15.3. The number of carbonyl (C=O) groups is 3. The number of hydrogen-bond acceptors (Lipinski definition) is 8. The zero-order valence-corrected chi connectivity index (χ0v) is 34.9. The van der Waals surface area contributed by atoms with E-state index >= 15 is 4.79 Å². The van der Waals surface area contributed by atoms with Gasteiger partial charge in [-0.2, -0.15) is 0 Å². The number of rotatable bonds is 23. The van der Waals surface area contributed by atoms with Gasteiger partial charge in [-0.15, -0.1) is 0 Å². The van der Waals surface area contributed by atoms with Gasteiger partial charge in [0.2, 0.25) is 17.7 Å². The molecule has 4 atom stereocenters. The number of unbranched alkanes of at least 4 members (excludes halogenated alkanes) is 3. The number of primary amides is 1. The first kappa shape index (κ1) is 46.3. The van der Waals surface area contributed by atoms with E-state index in [0.717, 1.165) is 47.6 Å². The molecular formula is C45H62N10O5. The summed E-state index contributed by atoms with van der Waals surface area (Å²) in [6.07, 6.45) is 4.18. The lowest BCUT2D eigenvalue weighted by molar-refractivity contribution is -0.145. The summed E-state index contributed by atoms with van der Waals surface area (Å²) in [7, 11) is 0. The van der Waals surface area contributed by atoms with Gasteiger partial charge in [-0.25, -0.2) is 0 Å². The first-order chi connectivity index (χ1) is 28.6. The van der Waals surface area contributed by atoms with Gasteiger partial charge < -0.3 is 54.4 Å². The molecule has 60 heavy (non-hydrogen) atoms. The van der Waals surface area contributed by atoms with Crippen LogP contribution in [-0.2, 0) is 27.2 Å². The zero-order valence-electron chi connectivity index (χ0n) is 34.9.